The van der Waals surface area contributed by atoms with E-state index in [1.807, 2.05) is 14.2 Å². The van der Waals surface area contributed by atoms with E-state index >= 15 is 0 Å². The summed E-state index contributed by atoms with van der Waals surface area (Å²) in [6, 6.07) is 70.9. The summed E-state index contributed by atoms with van der Waals surface area (Å²) >= 11 is 0. The smallest absolute Gasteiger partial charge is 0.126 e. The molecular formula is C69H84O7P4. The second kappa shape index (κ2) is 29.9. The average Bonchev–Trinajstić information content (AvgIpc) is 4.00. The average molecular weight is 1150 g/mol. The maximum Gasteiger partial charge on any atom is 0.126 e. The van der Waals surface area contributed by atoms with Crippen molar-refractivity contribution in [2.45, 2.75) is 139 Å². The third-order valence-electron chi connectivity index (χ3n) is 16.8. The summed E-state index contributed by atoms with van der Waals surface area (Å²) in [6.07, 6.45) is 2.80. The topological polar surface area (TPSA) is 64.6 Å². The lowest BCUT2D eigenvalue weighted by atomic mass is 10.1. The number of ether oxygens (including phenoxy) is 7. The number of hydrogen-bond donors (Lipinski definition) is 0. The van der Waals surface area contributed by atoms with Gasteiger partial charge in [-0.2, -0.15) is 0 Å². The number of para-hydroxylation sites is 1. The summed E-state index contributed by atoms with van der Waals surface area (Å²) in [7, 11) is 3.58. The van der Waals surface area contributed by atoms with Gasteiger partial charge in [-0.25, -0.2) is 0 Å². The second-order valence-corrected chi connectivity index (χ2v) is 32.8. The molecular weight excluding hydrogens is 1060 g/mol. The van der Waals surface area contributed by atoms with Crippen LogP contribution in [0.4, 0.5) is 0 Å². The molecule has 3 saturated heterocycles. The molecule has 7 aromatic rings. The van der Waals surface area contributed by atoms with Crippen LogP contribution >= 0.6 is 31.7 Å². The summed E-state index contributed by atoms with van der Waals surface area (Å²) in [6.45, 7) is 16.7. The van der Waals surface area contributed by atoms with E-state index in [0.29, 0.717) is 60.4 Å². The van der Waals surface area contributed by atoms with Gasteiger partial charge in [0.2, 0.25) is 0 Å². The summed E-state index contributed by atoms with van der Waals surface area (Å²) in [5, 5.41) is 5.77. The van der Waals surface area contributed by atoms with Crippen LogP contribution in [0.3, 0.4) is 0 Å². The highest BCUT2D eigenvalue weighted by molar-refractivity contribution is 7.74. The van der Waals surface area contributed by atoms with Crippen molar-refractivity contribution >= 4 is 52.9 Å². The quantitative estimate of drug-likeness (QED) is 0.0627. The Morgan fingerprint density at radius 2 is 0.662 bits per heavy atom. The summed E-state index contributed by atoms with van der Waals surface area (Å²) in [5.41, 5.74) is 7.21. The molecule has 3 fully saturated rings. The molecule has 0 aliphatic carbocycles. The second-order valence-electron chi connectivity index (χ2n) is 21.6. The van der Waals surface area contributed by atoms with E-state index in [-0.39, 0.29) is 44.5 Å². The first kappa shape index (κ1) is 60.4. The van der Waals surface area contributed by atoms with E-state index < -0.39 is 23.8 Å². The van der Waals surface area contributed by atoms with Crippen molar-refractivity contribution in [3.05, 3.63) is 222 Å². The molecule has 3 unspecified atom stereocenters. The van der Waals surface area contributed by atoms with Crippen LogP contribution in [0.15, 0.2) is 200 Å². The van der Waals surface area contributed by atoms with Crippen molar-refractivity contribution in [2.75, 3.05) is 33.7 Å². The van der Waals surface area contributed by atoms with Crippen LogP contribution in [-0.2, 0) is 54.8 Å². The molecule has 3 aliphatic heterocycles. The molecule has 7 nitrogen and oxygen atoms in total. The molecule has 3 aliphatic rings. The van der Waals surface area contributed by atoms with E-state index in [1.165, 1.54) is 55.8 Å². The minimum Gasteiger partial charge on any atom is -0.496 e. The van der Waals surface area contributed by atoms with Gasteiger partial charge in [-0.05, 0) is 64.5 Å². The van der Waals surface area contributed by atoms with E-state index in [9.17, 15) is 0 Å². The SMILES string of the molecule is COc1ccccc1P(CCP1[C@@H](C)[C@@H](OC)[C@H](OC)[C@@H]1C)c1ccccc1.C[C@H]1C(OCc2ccccc2)[C@H](OCc2ccccc2)[C@H](C)P1c1ccccc1P1[C@@H](C)[C@@H](OCc2ccccc2)[C@H](OCc2ccccc2)[C@@H]1C. The van der Waals surface area contributed by atoms with Crippen molar-refractivity contribution in [3.8, 4) is 5.75 Å². The van der Waals surface area contributed by atoms with Crippen LogP contribution in [0.5, 0.6) is 5.75 Å². The van der Waals surface area contributed by atoms with E-state index in [4.69, 9.17) is 33.2 Å². The predicted octanol–water partition coefficient (Wildman–Crippen LogP) is 14.3. The van der Waals surface area contributed by atoms with Gasteiger partial charge in [-0.15, -0.1) is 0 Å². The van der Waals surface area contributed by atoms with Crippen molar-refractivity contribution < 1.29 is 33.2 Å². The maximum atomic E-state index is 6.87. The molecule has 10 rings (SSSR count). The summed E-state index contributed by atoms with van der Waals surface area (Å²) in [5.74, 6) is 1.00. The maximum absolute atomic E-state index is 6.87. The van der Waals surface area contributed by atoms with Crippen molar-refractivity contribution in [3.63, 3.8) is 0 Å². The van der Waals surface area contributed by atoms with Gasteiger partial charge in [-0.1, -0.05) is 259 Å². The molecule has 14 atom stereocenters. The Morgan fingerprint density at radius 1 is 0.350 bits per heavy atom. The fourth-order valence-corrected chi connectivity index (χ4v) is 26.7. The lowest BCUT2D eigenvalue weighted by Crippen LogP contribution is -2.36. The minimum atomic E-state index is -0.609. The standard InChI is InChI=1S/C46H52O4P2.C23H32O3P2/c1-33-43(47-29-37-19-9-5-10-20-37)44(48-30-38-21-11-6-12-22-38)34(2)51(33)41-27-17-18-28-42(41)52-35(3)45(49-31-39-23-13-7-14-24-39)46(36(52)4)50-32-40-25-15-8-16-26-40;1-17-22(25-4)23(26-5)18(2)27(17)15-16-28(19-11-7-6-8-12-19)21-14-10-9-13-20(21)24-3/h5-28,33-36,43-46H,29-32H2,1-4H3;6-14,17-18,22-23H,15-16H2,1-5H3/t33-,34-,35-,36-,43+,44+,45+,46?,52?;17-,18-,22+,23+,28?/m00/s1. The van der Waals surface area contributed by atoms with Crippen LogP contribution in [0.2, 0.25) is 0 Å². The zero-order chi connectivity index (χ0) is 56.0. The number of hydrogen-bond acceptors (Lipinski definition) is 7. The number of rotatable bonds is 22. The van der Waals surface area contributed by atoms with Crippen LogP contribution in [0.1, 0.15) is 63.8 Å². The van der Waals surface area contributed by atoms with Gasteiger partial charge in [0.15, 0.2) is 0 Å². The molecule has 0 amide bonds. The first-order chi connectivity index (χ1) is 39.1. The molecule has 0 radical (unpaired) electrons. The van der Waals surface area contributed by atoms with E-state index in [0.717, 1.165) is 5.75 Å². The van der Waals surface area contributed by atoms with Gasteiger partial charge >= 0.3 is 0 Å². The van der Waals surface area contributed by atoms with E-state index in [2.05, 4.69) is 242 Å². The third kappa shape index (κ3) is 14.4. The number of benzene rings is 7. The molecule has 0 bridgehead atoms. The van der Waals surface area contributed by atoms with Gasteiger partial charge < -0.3 is 33.2 Å². The van der Waals surface area contributed by atoms with Gasteiger partial charge in [0.05, 0.1) is 70.2 Å². The lowest BCUT2D eigenvalue weighted by molar-refractivity contribution is -0.0758. The third-order valence-corrected chi connectivity index (χ3v) is 29.8. The van der Waals surface area contributed by atoms with Gasteiger partial charge in [0.25, 0.3) is 0 Å². The Kier molecular flexibility index (Phi) is 22.6. The molecule has 7 aromatic carbocycles. The van der Waals surface area contributed by atoms with E-state index in [1.54, 1.807) is 7.11 Å². The van der Waals surface area contributed by atoms with Crippen molar-refractivity contribution in [1.82, 2.24) is 0 Å². The lowest BCUT2D eigenvalue weighted by Gasteiger charge is -2.31. The molecule has 3 heterocycles. The van der Waals surface area contributed by atoms with Gasteiger partial charge in [-0.3, -0.25) is 0 Å². The Morgan fingerprint density at radius 3 is 1.00 bits per heavy atom. The Labute approximate surface area is 483 Å². The van der Waals surface area contributed by atoms with Crippen LogP contribution in [-0.4, -0.2) is 104 Å². The fraction of sp³-hybridized carbons (Fsp3) is 0.391. The summed E-state index contributed by atoms with van der Waals surface area (Å²) in [4.78, 5) is 0. The zero-order valence-electron chi connectivity index (χ0n) is 48.4. The highest BCUT2D eigenvalue weighted by Gasteiger charge is 2.53. The molecule has 0 saturated carbocycles. The zero-order valence-corrected chi connectivity index (χ0v) is 51.9. The van der Waals surface area contributed by atoms with Gasteiger partial charge in [0, 0.05) is 53.5 Å². The highest BCUT2D eigenvalue weighted by Crippen LogP contribution is 2.62. The molecule has 422 valence electrons. The molecule has 0 aromatic heterocycles. The first-order valence-electron chi connectivity index (χ1n) is 28.7. The van der Waals surface area contributed by atoms with Crippen LogP contribution in [0.25, 0.3) is 0 Å². The summed E-state index contributed by atoms with van der Waals surface area (Å²) < 4.78 is 44.8. The Bertz CT molecular complexity index is 2650. The number of methoxy groups -OCH3 is 3. The Balaban J connectivity index is 0.000000233. The molecule has 0 spiro atoms. The van der Waals surface area contributed by atoms with Crippen molar-refractivity contribution in [2.24, 2.45) is 0 Å². The largest absolute Gasteiger partial charge is 0.496 e. The Hall–Kier alpha value is -4.18. The minimum absolute atomic E-state index is 0.00630. The highest BCUT2D eigenvalue weighted by atomic mass is 31.1. The predicted molar refractivity (Wildman–Crippen MR) is 340 cm³/mol. The van der Waals surface area contributed by atoms with Crippen LogP contribution in [0, 0.1) is 0 Å². The first-order valence-corrected chi connectivity index (χ1v) is 34.8. The fourth-order valence-electron chi connectivity index (χ4n) is 12.7. The van der Waals surface area contributed by atoms with Crippen LogP contribution < -0.4 is 26.0 Å². The molecule has 0 N–H and O–H groups in total. The van der Waals surface area contributed by atoms with Gasteiger partial charge in [0.1, 0.15) is 5.75 Å². The normalized spacial score (nSPS) is 28.5. The molecule has 11 heteroatoms. The van der Waals surface area contributed by atoms with Crippen molar-refractivity contribution in [1.29, 1.82) is 0 Å². The molecule has 80 heavy (non-hydrogen) atoms. The monoisotopic (exact) mass is 1150 g/mol.